The summed E-state index contributed by atoms with van der Waals surface area (Å²) >= 11 is 8.05. The van der Waals surface area contributed by atoms with Gasteiger partial charge in [-0.25, -0.2) is 0 Å². The summed E-state index contributed by atoms with van der Waals surface area (Å²) in [7, 11) is 0. The maximum Gasteiger partial charge on any atom is 0.0694 e. The topological polar surface area (TPSA) is 3.24 Å². The number of hydrogen-bond acceptors (Lipinski definition) is 1. The van der Waals surface area contributed by atoms with E-state index >= 15 is 0 Å². The van der Waals surface area contributed by atoms with Crippen LogP contribution >= 0.6 is 11.6 Å². The monoisotopic (exact) mass is 679 g/mol. The average Bonchev–Trinajstić information content (AvgIpc) is 3.58. The van der Waals surface area contributed by atoms with Gasteiger partial charge in [-0.3, -0.25) is 0 Å². The van der Waals surface area contributed by atoms with Gasteiger partial charge in [0.2, 0.25) is 0 Å². The predicted molar refractivity (Wildman–Crippen MR) is 212 cm³/mol. The fourth-order valence-electron chi connectivity index (χ4n) is 12.0. The third-order valence-electron chi connectivity index (χ3n) is 13.9. The molecule has 250 valence electrons. The molecule has 0 amide bonds. The van der Waals surface area contributed by atoms with Crippen LogP contribution in [-0.2, 0) is 10.8 Å². The maximum absolute atomic E-state index is 8.05. The van der Waals surface area contributed by atoms with Gasteiger partial charge in [-0.15, -0.1) is 0 Å². The molecule has 4 bridgehead atoms. The van der Waals surface area contributed by atoms with E-state index in [9.17, 15) is 0 Å². The molecule has 0 aliphatic heterocycles. The van der Waals surface area contributed by atoms with Crippen LogP contribution in [0.3, 0.4) is 0 Å². The summed E-state index contributed by atoms with van der Waals surface area (Å²) in [6.07, 6.45) is 6.80. The Bertz CT molecular complexity index is 2340. The Kier molecular flexibility index (Phi) is 6.32. The number of rotatable bonds is 4. The highest BCUT2D eigenvalue weighted by atomic mass is 35.5. The van der Waals surface area contributed by atoms with Crippen molar-refractivity contribution in [1.29, 1.82) is 0 Å². The first-order valence-electron chi connectivity index (χ1n) is 19.1. The lowest BCUT2D eigenvalue weighted by atomic mass is 9.43. The van der Waals surface area contributed by atoms with E-state index in [1.807, 2.05) is 0 Å². The van der Waals surface area contributed by atoms with Gasteiger partial charge in [0.05, 0.1) is 10.7 Å². The zero-order valence-electron chi connectivity index (χ0n) is 29.4. The van der Waals surface area contributed by atoms with E-state index in [1.165, 1.54) is 82.2 Å². The molecule has 0 atom stereocenters. The molecular formula is C49H42ClN. The minimum absolute atomic E-state index is 0.00313. The van der Waals surface area contributed by atoms with E-state index < -0.39 is 0 Å². The molecule has 0 unspecified atom stereocenters. The van der Waals surface area contributed by atoms with Gasteiger partial charge in [0.1, 0.15) is 0 Å². The highest BCUT2D eigenvalue weighted by Crippen LogP contribution is 2.71. The van der Waals surface area contributed by atoms with Crippen LogP contribution in [0.15, 0.2) is 133 Å². The first-order valence-corrected chi connectivity index (χ1v) is 19.4. The summed E-state index contributed by atoms with van der Waals surface area (Å²) in [5.41, 5.74) is 16.9. The SMILES string of the molecule is CC1(C)c2ccccc2-c2ccc(N(c3ccc(-c4ccccc4)cc3)c3ccc4c(c3Cl)C3(c5ccccc5-4)C4CC5CC(C4)CC3C5)cc21. The Morgan fingerprint density at radius 1 is 0.510 bits per heavy atom. The molecule has 51 heavy (non-hydrogen) atoms. The molecule has 6 aliphatic carbocycles. The number of anilines is 3. The zero-order valence-corrected chi connectivity index (χ0v) is 30.1. The van der Waals surface area contributed by atoms with Gasteiger partial charge in [0, 0.05) is 22.2 Å². The van der Waals surface area contributed by atoms with Crippen LogP contribution in [0.1, 0.15) is 68.2 Å². The highest BCUT2D eigenvalue weighted by Gasteiger charge is 2.62. The number of nitrogens with zero attached hydrogens (tertiary/aromatic N) is 1. The molecule has 0 heterocycles. The second-order valence-corrected chi connectivity index (χ2v) is 17.1. The number of benzene rings is 6. The average molecular weight is 680 g/mol. The number of halogens is 1. The fraction of sp³-hybridized carbons (Fsp3) is 0.265. The molecule has 0 N–H and O–H groups in total. The summed E-state index contributed by atoms with van der Waals surface area (Å²) in [6, 6.07) is 49.9. The van der Waals surface area contributed by atoms with Crippen molar-refractivity contribution in [2.24, 2.45) is 23.7 Å². The zero-order chi connectivity index (χ0) is 34.1. The first kappa shape index (κ1) is 30.1. The minimum atomic E-state index is -0.0986. The van der Waals surface area contributed by atoms with Gasteiger partial charge in [0.15, 0.2) is 0 Å². The van der Waals surface area contributed by atoms with Crippen LogP contribution in [0.25, 0.3) is 33.4 Å². The molecule has 1 spiro atoms. The molecule has 6 aliphatic rings. The normalized spacial score (nSPS) is 25.4. The molecule has 12 rings (SSSR count). The molecular weight excluding hydrogens is 638 g/mol. The standard InChI is InChI=1S/C49H42ClN/c1-48(2)42-14-8-6-12-38(42)40-21-20-37(29-44(40)48)51(36-18-16-33(17-19-36)32-10-4-3-5-11-32)45-23-22-41-39-13-7-9-15-43(39)49(46(41)47(45)50)34-25-30-24-31(27-34)28-35(49)26-30/h3-23,29-31,34-35H,24-28H2,1-2H3. The molecule has 4 fully saturated rings. The lowest BCUT2D eigenvalue weighted by Gasteiger charge is -2.61. The largest absolute Gasteiger partial charge is 0.309 e. The van der Waals surface area contributed by atoms with Crippen LogP contribution in [0, 0.1) is 23.7 Å². The van der Waals surface area contributed by atoms with Crippen LogP contribution in [0.4, 0.5) is 17.1 Å². The van der Waals surface area contributed by atoms with Gasteiger partial charge >= 0.3 is 0 Å². The van der Waals surface area contributed by atoms with Gasteiger partial charge in [-0.05, 0) is 142 Å². The summed E-state index contributed by atoms with van der Waals surface area (Å²) in [5.74, 6) is 3.08. The molecule has 1 nitrogen and oxygen atoms in total. The number of fused-ring (bicyclic) bond motifs is 6. The van der Waals surface area contributed by atoms with Crippen molar-refractivity contribution < 1.29 is 0 Å². The molecule has 6 aromatic carbocycles. The van der Waals surface area contributed by atoms with Crippen LogP contribution in [0.5, 0.6) is 0 Å². The Morgan fingerprint density at radius 3 is 1.76 bits per heavy atom. The third-order valence-corrected chi connectivity index (χ3v) is 14.3. The fourth-order valence-corrected chi connectivity index (χ4v) is 12.5. The van der Waals surface area contributed by atoms with Crippen molar-refractivity contribution in [3.05, 3.63) is 161 Å². The van der Waals surface area contributed by atoms with Crippen molar-refractivity contribution in [1.82, 2.24) is 0 Å². The Morgan fingerprint density at radius 2 is 1.06 bits per heavy atom. The van der Waals surface area contributed by atoms with Crippen LogP contribution < -0.4 is 4.90 Å². The first-order chi connectivity index (χ1) is 24.9. The van der Waals surface area contributed by atoms with E-state index in [0.29, 0.717) is 11.8 Å². The van der Waals surface area contributed by atoms with Crippen molar-refractivity contribution in [3.8, 4) is 33.4 Å². The quantitative estimate of drug-likeness (QED) is 0.179. The molecule has 0 radical (unpaired) electrons. The van der Waals surface area contributed by atoms with Crippen molar-refractivity contribution in [2.75, 3.05) is 4.90 Å². The van der Waals surface area contributed by atoms with E-state index in [1.54, 1.807) is 5.56 Å². The van der Waals surface area contributed by atoms with Crippen molar-refractivity contribution in [2.45, 2.75) is 56.8 Å². The number of hydrogen-bond donors (Lipinski definition) is 0. The predicted octanol–water partition coefficient (Wildman–Crippen LogP) is 13.5. The van der Waals surface area contributed by atoms with E-state index in [2.05, 4.69) is 152 Å². The third kappa shape index (κ3) is 4.05. The van der Waals surface area contributed by atoms with Crippen LogP contribution in [0.2, 0.25) is 5.02 Å². The lowest BCUT2D eigenvalue weighted by molar-refractivity contribution is -0.0398. The lowest BCUT2D eigenvalue weighted by Crippen LogP contribution is -2.55. The Balaban J connectivity index is 1.13. The molecule has 0 aromatic heterocycles. The maximum atomic E-state index is 8.05. The Labute approximate surface area is 306 Å². The van der Waals surface area contributed by atoms with Gasteiger partial charge < -0.3 is 4.90 Å². The molecule has 4 saturated carbocycles. The van der Waals surface area contributed by atoms with E-state index in [-0.39, 0.29) is 10.8 Å². The van der Waals surface area contributed by atoms with E-state index in [0.717, 1.165) is 33.9 Å². The van der Waals surface area contributed by atoms with Crippen molar-refractivity contribution >= 4 is 28.7 Å². The Hall–Kier alpha value is -4.59. The molecule has 0 saturated heterocycles. The molecule has 6 aromatic rings. The second kappa shape index (κ2) is 10.7. The van der Waals surface area contributed by atoms with Gasteiger partial charge in [-0.1, -0.05) is 129 Å². The van der Waals surface area contributed by atoms with Gasteiger partial charge in [-0.2, -0.15) is 0 Å². The van der Waals surface area contributed by atoms with Crippen LogP contribution in [-0.4, -0.2) is 0 Å². The molecule has 2 heteroatoms. The van der Waals surface area contributed by atoms with E-state index in [4.69, 9.17) is 11.6 Å². The van der Waals surface area contributed by atoms with Crippen molar-refractivity contribution in [3.63, 3.8) is 0 Å². The van der Waals surface area contributed by atoms with Gasteiger partial charge in [0.25, 0.3) is 0 Å². The smallest absolute Gasteiger partial charge is 0.0694 e. The summed E-state index contributed by atoms with van der Waals surface area (Å²) in [6.45, 7) is 4.74. The summed E-state index contributed by atoms with van der Waals surface area (Å²) in [5, 5.41) is 0.936. The summed E-state index contributed by atoms with van der Waals surface area (Å²) in [4.78, 5) is 2.45. The second-order valence-electron chi connectivity index (χ2n) is 16.7. The highest BCUT2D eigenvalue weighted by molar-refractivity contribution is 6.35. The minimum Gasteiger partial charge on any atom is -0.309 e. The summed E-state index contributed by atoms with van der Waals surface area (Å²) < 4.78 is 0.